The second-order valence-electron chi connectivity index (χ2n) is 5.80. The SMILES string of the molecule is CC(=O)NCc1ccc(C(=O)NCC(=O)Nc2ccc(Br)cc2C)cc1. The average molecular weight is 418 g/mol. The molecule has 0 heterocycles. The molecule has 2 aromatic carbocycles. The summed E-state index contributed by atoms with van der Waals surface area (Å²) in [6, 6.07) is 12.4. The first-order valence-corrected chi connectivity index (χ1v) is 8.82. The molecule has 7 heteroatoms. The summed E-state index contributed by atoms with van der Waals surface area (Å²) >= 11 is 3.37. The van der Waals surface area contributed by atoms with Crippen LogP contribution in [-0.2, 0) is 16.1 Å². The van der Waals surface area contributed by atoms with E-state index in [1.807, 2.05) is 19.1 Å². The number of nitrogens with one attached hydrogen (secondary N) is 3. The Morgan fingerprint density at radius 1 is 1.00 bits per heavy atom. The van der Waals surface area contributed by atoms with Crippen LogP contribution < -0.4 is 16.0 Å². The van der Waals surface area contributed by atoms with Gasteiger partial charge in [0.1, 0.15) is 0 Å². The van der Waals surface area contributed by atoms with Gasteiger partial charge in [-0.15, -0.1) is 0 Å². The number of carbonyl (C=O) groups excluding carboxylic acids is 3. The Hall–Kier alpha value is -2.67. The summed E-state index contributed by atoms with van der Waals surface area (Å²) in [5, 5.41) is 8.04. The van der Waals surface area contributed by atoms with Crippen molar-refractivity contribution in [1.29, 1.82) is 0 Å². The molecule has 6 nitrogen and oxygen atoms in total. The Morgan fingerprint density at radius 2 is 1.69 bits per heavy atom. The topological polar surface area (TPSA) is 87.3 Å². The first-order valence-electron chi connectivity index (χ1n) is 8.02. The van der Waals surface area contributed by atoms with Crippen LogP contribution in [0.1, 0.15) is 28.4 Å². The van der Waals surface area contributed by atoms with Gasteiger partial charge in [-0.1, -0.05) is 28.1 Å². The Bertz CT molecular complexity index is 819. The van der Waals surface area contributed by atoms with Gasteiger partial charge >= 0.3 is 0 Å². The predicted octanol–water partition coefficient (Wildman–Crippen LogP) is 2.76. The zero-order valence-electron chi connectivity index (χ0n) is 14.6. The number of amides is 3. The van der Waals surface area contributed by atoms with Crippen molar-refractivity contribution in [2.75, 3.05) is 11.9 Å². The number of aryl methyl sites for hydroxylation is 1. The summed E-state index contributed by atoms with van der Waals surface area (Å²) in [6.45, 7) is 3.62. The van der Waals surface area contributed by atoms with E-state index in [4.69, 9.17) is 0 Å². The maximum Gasteiger partial charge on any atom is 0.251 e. The largest absolute Gasteiger partial charge is 0.352 e. The van der Waals surface area contributed by atoms with Crippen LogP contribution in [0.5, 0.6) is 0 Å². The number of benzene rings is 2. The summed E-state index contributed by atoms with van der Waals surface area (Å²) in [4.78, 5) is 35.0. The van der Waals surface area contributed by atoms with Gasteiger partial charge in [-0.2, -0.15) is 0 Å². The molecular weight excluding hydrogens is 398 g/mol. The molecule has 0 aliphatic carbocycles. The molecule has 0 saturated heterocycles. The molecule has 26 heavy (non-hydrogen) atoms. The molecule has 0 atom stereocenters. The van der Waals surface area contributed by atoms with Crippen molar-refractivity contribution in [2.45, 2.75) is 20.4 Å². The van der Waals surface area contributed by atoms with E-state index in [2.05, 4.69) is 31.9 Å². The molecule has 2 aromatic rings. The molecule has 0 aliphatic rings. The molecule has 0 spiro atoms. The zero-order chi connectivity index (χ0) is 19.1. The van der Waals surface area contributed by atoms with Crippen LogP contribution >= 0.6 is 15.9 Å². The lowest BCUT2D eigenvalue weighted by Crippen LogP contribution is -2.33. The molecule has 0 unspecified atom stereocenters. The molecular formula is C19H20BrN3O3. The van der Waals surface area contributed by atoms with Crippen molar-refractivity contribution in [3.8, 4) is 0 Å². The number of anilines is 1. The number of hydrogen-bond donors (Lipinski definition) is 3. The first kappa shape index (κ1) is 19.7. The Balaban J connectivity index is 1.85. The molecule has 0 radical (unpaired) electrons. The summed E-state index contributed by atoms with van der Waals surface area (Å²) < 4.78 is 0.934. The van der Waals surface area contributed by atoms with Crippen LogP contribution in [0.3, 0.4) is 0 Å². The first-order chi connectivity index (χ1) is 12.3. The van der Waals surface area contributed by atoms with Gasteiger partial charge in [0.2, 0.25) is 11.8 Å². The molecule has 3 amide bonds. The Morgan fingerprint density at radius 3 is 2.31 bits per heavy atom. The third kappa shape index (κ3) is 6.00. The van der Waals surface area contributed by atoms with E-state index in [1.54, 1.807) is 30.3 Å². The van der Waals surface area contributed by atoms with Crippen molar-refractivity contribution in [3.05, 3.63) is 63.6 Å². The van der Waals surface area contributed by atoms with Crippen LogP contribution in [-0.4, -0.2) is 24.3 Å². The normalized spacial score (nSPS) is 10.1. The van der Waals surface area contributed by atoms with E-state index in [1.165, 1.54) is 6.92 Å². The van der Waals surface area contributed by atoms with Gasteiger partial charge in [0.05, 0.1) is 6.54 Å². The average Bonchev–Trinajstić information content (AvgIpc) is 2.60. The van der Waals surface area contributed by atoms with Gasteiger partial charge in [-0.05, 0) is 48.4 Å². The molecule has 0 aromatic heterocycles. The van der Waals surface area contributed by atoms with Gasteiger partial charge in [-0.3, -0.25) is 14.4 Å². The second-order valence-corrected chi connectivity index (χ2v) is 6.71. The van der Waals surface area contributed by atoms with E-state index in [-0.39, 0.29) is 24.3 Å². The van der Waals surface area contributed by atoms with Crippen molar-refractivity contribution >= 4 is 39.3 Å². The summed E-state index contributed by atoms with van der Waals surface area (Å²) in [5.74, 6) is -0.747. The van der Waals surface area contributed by atoms with Gasteiger partial charge < -0.3 is 16.0 Å². The standard InChI is InChI=1S/C19H20BrN3O3/c1-12-9-16(20)7-8-17(12)23-18(25)11-22-19(26)15-5-3-14(4-6-15)10-21-13(2)24/h3-9H,10-11H2,1-2H3,(H,21,24)(H,22,26)(H,23,25). The van der Waals surface area contributed by atoms with E-state index in [0.717, 1.165) is 15.6 Å². The Kier molecular flexibility index (Phi) is 6.91. The maximum atomic E-state index is 12.1. The third-order valence-electron chi connectivity index (χ3n) is 3.63. The molecule has 3 N–H and O–H groups in total. The molecule has 136 valence electrons. The number of halogens is 1. The lowest BCUT2D eigenvalue weighted by atomic mass is 10.1. The summed E-state index contributed by atoms with van der Waals surface area (Å²) in [7, 11) is 0. The molecule has 0 aliphatic heterocycles. The van der Waals surface area contributed by atoms with Crippen molar-refractivity contribution in [3.63, 3.8) is 0 Å². The lowest BCUT2D eigenvalue weighted by Gasteiger charge is -2.10. The highest BCUT2D eigenvalue weighted by molar-refractivity contribution is 9.10. The molecule has 0 fully saturated rings. The van der Waals surface area contributed by atoms with Gasteiger partial charge in [-0.25, -0.2) is 0 Å². The van der Waals surface area contributed by atoms with Crippen molar-refractivity contribution in [1.82, 2.24) is 10.6 Å². The third-order valence-corrected chi connectivity index (χ3v) is 4.12. The van der Waals surface area contributed by atoms with Crippen LogP contribution in [0.25, 0.3) is 0 Å². The fraction of sp³-hybridized carbons (Fsp3) is 0.211. The second kappa shape index (κ2) is 9.15. The number of carbonyl (C=O) groups is 3. The van der Waals surface area contributed by atoms with E-state index in [9.17, 15) is 14.4 Å². The fourth-order valence-corrected chi connectivity index (χ4v) is 2.70. The zero-order valence-corrected chi connectivity index (χ0v) is 16.1. The lowest BCUT2D eigenvalue weighted by molar-refractivity contribution is -0.119. The van der Waals surface area contributed by atoms with E-state index in [0.29, 0.717) is 17.8 Å². The van der Waals surface area contributed by atoms with Crippen LogP contribution in [0, 0.1) is 6.92 Å². The minimum absolute atomic E-state index is 0.112. The van der Waals surface area contributed by atoms with E-state index >= 15 is 0 Å². The smallest absolute Gasteiger partial charge is 0.251 e. The summed E-state index contributed by atoms with van der Waals surface area (Å²) in [5.41, 5.74) is 2.97. The molecule has 0 bridgehead atoms. The van der Waals surface area contributed by atoms with Gasteiger partial charge in [0, 0.05) is 29.2 Å². The van der Waals surface area contributed by atoms with Crippen molar-refractivity contribution < 1.29 is 14.4 Å². The molecule has 2 rings (SSSR count). The van der Waals surface area contributed by atoms with Crippen LogP contribution in [0.15, 0.2) is 46.9 Å². The Labute approximate surface area is 160 Å². The number of rotatable bonds is 6. The fourth-order valence-electron chi connectivity index (χ4n) is 2.22. The highest BCUT2D eigenvalue weighted by Gasteiger charge is 2.09. The number of hydrogen-bond acceptors (Lipinski definition) is 3. The van der Waals surface area contributed by atoms with Crippen LogP contribution in [0.2, 0.25) is 0 Å². The highest BCUT2D eigenvalue weighted by Crippen LogP contribution is 2.19. The quantitative estimate of drug-likeness (QED) is 0.674. The monoisotopic (exact) mass is 417 g/mol. The summed E-state index contributed by atoms with van der Waals surface area (Å²) in [6.07, 6.45) is 0. The minimum atomic E-state index is -0.334. The molecule has 0 saturated carbocycles. The predicted molar refractivity (Wildman–Crippen MR) is 104 cm³/mol. The van der Waals surface area contributed by atoms with Crippen LogP contribution in [0.4, 0.5) is 5.69 Å². The van der Waals surface area contributed by atoms with Gasteiger partial charge in [0.25, 0.3) is 5.91 Å². The highest BCUT2D eigenvalue weighted by atomic mass is 79.9. The van der Waals surface area contributed by atoms with Crippen molar-refractivity contribution in [2.24, 2.45) is 0 Å². The maximum absolute atomic E-state index is 12.1. The van der Waals surface area contributed by atoms with E-state index < -0.39 is 0 Å². The minimum Gasteiger partial charge on any atom is -0.352 e. The van der Waals surface area contributed by atoms with Gasteiger partial charge in [0.15, 0.2) is 0 Å².